The zero-order chi connectivity index (χ0) is 12.4. The first-order valence-corrected chi connectivity index (χ1v) is 6.27. The van der Waals surface area contributed by atoms with Gasteiger partial charge in [-0.25, -0.2) is 0 Å². The van der Waals surface area contributed by atoms with E-state index in [1.54, 1.807) is 0 Å². The third-order valence-electron chi connectivity index (χ3n) is 3.34. The van der Waals surface area contributed by atoms with Crippen molar-refractivity contribution in [3.8, 4) is 0 Å². The highest BCUT2D eigenvalue weighted by Crippen LogP contribution is 2.31. The van der Waals surface area contributed by atoms with Gasteiger partial charge in [0.25, 0.3) is 0 Å². The number of benzene rings is 2. The van der Waals surface area contributed by atoms with E-state index in [4.69, 9.17) is 4.74 Å². The molecule has 0 saturated heterocycles. The second kappa shape index (κ2) is 6.20. The second-order valence-corrected chi connectivity index (χ2v) is 4.80. The number of rotatable bonds is 1. The van der Waals surface area contributed by atoms with Crippen molar-refractivity contribution in [3.05, 3.63) is 71.3 Å². The Morgan fingerprint density at radius 1 is 1.00 bits per heavy atom. The van der Waals surface area contributed by atoms with Crippen LogP contribution in [0, 0.1) is 0 Å². The molecule has 0 radical (unpaired) electrons. The van der Waals surface area contributed by atoms with Gasteiger partial charge in [0.05, 0.1) is 0 Å². The molecule has 1 atom stereocenters. The molecular weight excluding hydrogens is 258 g/mol. The lowest BCUT2D eigenvalue weighted by Crippen LogP contribution is -2.19. The number of ether oxygens (including phenoxy) is 1. The average molecular weight is 276 g/mol. The van der Waals surface area contributed by atoms with E-state index in [0.29, 0.717) is 6.73 Å². The van der Waals surface area contributed by atoms with Gasteiger partial charge in [-0.05, 0) is 23.7 Å². The van der Waals surface area contributed by atoms with Crippen molar-refractivity contribution in [1.82, 2.24) is 4.90 Å². The van der Waals surface area contributed by atoms with Gasteiger partial charge in [-0.3, -0.25) is 4.90 Å². The molecule has 0 aromatic heterocycles. The van der Waals surface area contributed by atoms with E-state index in [9.17, 15) is 0 Å². The fourth-order valence-corrected chi connectivity index (χ4v) is 2.47. The van der Waals surface area contributed by atoms with Crippen LogP contribution in [-0.2, 0) is 11.3 Å². The molecule has 0 spiro atoms. The summed E-state index contributed by atoms with van der Waals surface area (Å²) in [5.74, 6) is 0. The predicted molar refractivity (Wildman–Crippen MR) is 79.4 cm³/mol. The van der Waals surface area contributed by atoms with E-state index in [1.165, 1.54) is 16.7 Å². The van der Waals surface area contributed by atoms with Crippen molar-refractivity contribution in [2.75, 3.05) is 13.8 Å². The number of nitrogens with zero attached hydrogens (tertiary/aromatic N) is 1. The van der Waals surface area contributed by atoms with E-state index in [2.05, 4.69) is 60.5 Å². The fraction of sp³-hybridized carbons (Fsp3) is 0.250. The lowest BCUT2D eigenvalue weighted by molar-refractivity contribution is 0.0117. The highest BCUT2D eigenvalue weighted by molar-refractivity contribution is 5.85. The van der Waals surface area contributed by atoms with Gasteiger partial charge in [-0.1, -0.05) is 54.6 Å². The van der Waals surface area contributed by atoms with Crippen LogP contribution in [0.5, 0.6) is 0 Å². The number of fused-ring (bicyclic) bond motifs is 1. The molecule has 1 aliphatic rings. The topological polar surface area (TPSA) is 12.5 Å². The van der Waals surface area contributed by atoms with E-state index in [1.807, 2.05) is 6.07 Å². The summed E-state index contributed by atoms with van der Waals surface area (Å²) in [5, 5.41) is 0. The molecule has 0 amide bonds. The number of halogens is 1. The molecule has 1 aliphatic heterocycles. The maximum Gasteiger partial charge on any atom is 0.110 e. The molecule has 1 heterocycles. The summed E-state index contributed by atoms with van der Waals surface area (Å²) >= 11 is 0. The molecule has 0 bridgehead atoms. The van der Waals surface area contributed by atoms with Crippen LogP contribution in [0.2, 0.25) is 0 Å². The Labute approximate surface area is 120 Å². The van der Waals surface area contributed by atoms with E-state index < -0.39 is 0 Å². The van der Waals surface area contributed by atoms with Crippen LogP contribution in [0.4, 0.5) is 0 Å². The zero-order valence-electron chi connectivity index (χ0n) is 11.0. The molecule has 100 valence electrons. The highest BCUT2D eigenvalue weighted by atomic mass is 35.5. The molecule has 0 fully saturated rings. The Morgan fingerprint density at radius 2 is 1.68 bits per heavy atom. The van der Waals surface area contributed by atoms with Crippen molar-refractivity contribution >= 4 is 12.4 Å². The number of hydrogen-bond donors (Lipinski definition) is 0. The van der Waals surface area contributed by atoms with Gasteiger partial charge in [-0.15, -0.1) is 12.4 Å². The summed E-state index contributed by atoms with van der Waals surface area (Å²) in [6.07, 6.45) is 0.0485. The van der Waals surface area contributed by atoms with Crippen LogP contribution in [0.15, 0.2) is 54.6 Å². The molecule has 0 aliphatic carbocycles. The molecule has 1 unspecified atom stereocenters. The molecule has 3 heteroatoms. The molecule has 19 heavy (non-hydrogen) atoms. The molecule has 2 nitrogen and oxygen atoms in total. The average Bonchev–Trinajstić information content (AvgIpc) is 2.58. The summed E-state index contributed by atoms with van der Waals surface area (Å²) in [6, 6.07) is 19.0. The predicted octanol–water partition coefficient (Wildman–Crippen LogP) is 3.62. The molecular formula is C16H18ClNO. The molecule has 3 rings (SSSR count). The van der Waals surface area contributed by atoms with E-state index in [0.717, 1.165) is 6.54 Å². The van der Waals surface area contributed by atoms with Gasteiger partial charge < -0.3 is 4.74 Å². The normalized spacial score (nSPS) is 19.1. The van der Waals surface area contributed by atoms with Gasteiger partial charge in [0.1, 0.15) is 12.8 Å². The third-order valence-corrected chi connectivity index (χ3v) is 3.34. The number of hydrogen-bond acceptors (Lipinski definition) is 2. The van der Waals surface area contributed by atoms with Crippen LogP contribution < -0.4 is 0 Å². The van der Waals surface area contributed by atoms with Gasteiger partial charge in [0, 0.05) is 6.54 Å². The standard InChI is InChI=1S/C16H17NO.ClH/c1-17-11-14-9-5-6-10-15(14)16(18-12-17)13-7-3-2-4-8-13;/h2-10,16H,11-12H2,1H3;1H. The molecule has 0 N–H and O–H groups in total. The van der Waals surface area contributed by atoms with Crippen molar-refractivity contribution in [2.24, 2.45) is 0 Å². The van der Waals surface area contributed by atoms with E-state index in [-0.39, 0.29) is 18.5 Å². The first-order chi connectivity index (χ1) is 8.84. The maximum atomic E-state index is 6.05. The van der Waals surface area contributed by atoms with Crippen LogP contribution in [0.25, 0.3) is 0 Å². The minimum atomic E-state index is 0. The lowest BCUT2D eigenvalue weighted by atomic mass is 9.97. The Morgan fingerprint density at radius 3 is 2.47 bits per heavy atom. The van der Waals surface area contributed by atoms with Gasteiger partial charge in [0.2, 0.25) is 0 Å². The molecule has 2 aromatic rings. The maximum absolute atomic E-state index is 6.05. The lowest BCUT2D eigenvalue weighted by Gasteiger charge is -2.18. The monoisotopic (exact) mass is 275 g/mol. The first kappa shape index (κ1) is 14.1. The summed E-state index contributed by atoms with van der Waals surface area (Å²) in [5.41, 5.74) is 3.86. The van der Waals surface area contributed by atoms with Crippen molar-refractivity contribution in [1.29, 1.82) is 0 Å². The Kier molecular flexibility index (Phi) is 4.59. The Balaban J connectivity index is 0.00000133. The zero-order valence-corrected chi connectivity index (χ0v) is 11.8. The third kappa shape index (κ3) is 2.98. The van der Waals surface area contributed by atoms with Crippen LogP contribution in [0.1, 0.15) is 22.8 Å². The van der Waals surface area contributed by atoms with Gasteiger partial charge in [0.15, 0.2) is 0 Å². The van der Waals surface area contributed by atoms with Crippen LogP contribution >= 0.6 is 12.4 Å². The van der Waals surface area contributed by atoms with Gasteiger partial charge >= 0.3 is 0 Å². The highest BCUT2D eigenvalue weighted by Gasteiger charge is 2.22. The van der Waals surface area contributed by atoms with E-state index >= 15 is 0 Å². The van der Waals surface area contributed by atoms with Crippen molar-refractivity contribution in [2.45, 2.75) is 12.6 Å². The Hall–Kier alpha value is -1.35. The summed E-state index contributed by atoms with van der Waals surface area (Å²) in [7, 11) is 2.09. The largest absolute Gasteiger partial charge is 0.353 e. The minimum absolute atomic E-state index is 0. The minimum Gasteiger partial charge on any atom is -0.353 e. The van der Waals surface area contributed by atoms with Crippen molar-refractivity contribution < 1.29 is 4.74 Å². The smallest absolute Gasteiger partial charge is 0.110 e. The van der Waals surface area contributed by atoms with Crippen LogP contribution in [0.3, 0.4) is 0 Å². The summed E-state index contributed by atoms with van der Waals surface area (Å²) in [6.45, 7) is 1.60. The summed E-state index contributed by atoms with van der Waals surface area (Å²) < 4.78 is 6.05. The van der Waals surface area contributed by atoms with Crippen LogP contribution in [-0.4, -0.2) is 18.7 Å². The SMILES string of the molecule is CN1COC(c2ccccc2)c2ccccc2C1.Cl. The second-order valence-electron chi connectivity index (χ2n) is 4.80. The van der Waals surface area contributed by atoms with Gasteiger partial charge in [-0.2, -0.15) is 0 Å². The Bertz CT molecular complexity index is 529. The molecule has 2 aromatic carbocycles. The molecule has 0 saturated carbocycles. The quantitative estimate of drug-likeness (QED) is 0.788. The van der Waals surface area contributed by atoms with Crippen molar-refractivity contribution in [3.63, 3.8) is 0 Å². The summed E-state index contributed by atoms with van der Waals surface area (Å²) in [4.78, 5) is 2.20. The first-order valence-electron chi connectivity index (χ1n) is 6.27. The fourth-order valence-electron chi connectivity index (χ4n) is 2.47.